The minimum atomic E-state index is -3.65. The number of sulfone groups is 1. The summed E-state index contributed by atoms with van der Waals surface area (Å²) >= 11 is 0. The van der Waals surface area contributed by atoms with Gasteiger partial charge in [-0.15, -0.1) is 0 Å². The van der Waals surface area contributed by atoms with Crippen molar-refractivity contribution in [2.45, 2.75) is 24.8 Å². The number of nitro benzene ring substituents is 1. The Labute approximate surface area is 125 Å². The monoisotopic (exact) mass is 315 g/mol. The molecule has 0 radical (unpaired) electrons. The second kappa shape index (κ2) is 6.86. The van der Waals surface area contributed by atoms with Gasteiger partial charge in [0.2, 0.25) is 0 Å². The van der Waals surface area contributed by atoms with Gasteiger partial charge in [0.25, 0.3) is 0 Å². The molecule has 0 bridgehead atoms. The molecule has 1 N–H and O–H groups in total. The fraction of sp³-hybridized carbons (Fsp3) is 0.538. The van der Waals surface area contributed by atoms with Crippen LogP contribution in [0.3, 0.4) is 0 Å². The van der Waals surface area contributed by atoms with Gasteiger partial charge in [-0.2, -0.15) is 0 Å². The van der Waals surface area contributed by atoms with E-state index >= 15 is 0 Å². The summed E-state index contributed by atoms with van der Waals surface area (Å²) in [5.74, 6) is 0. The molecule has 0 aliphatic rings. The second-order valence-electron chi connectivity index (χ2n) is 5.18. The third-order valence-corrected chi connectivity index (χ3v) is 4.37. The Kier molecular flexibility index (Phi) is 5.68. The lowest BCUT2D eigenvalue weighted by Crippen LogP contribution is -2.31. The van der Waals surface area contributed by atoms with E-state index in [1.54, 1.807) is 0 Å². The molecule has 8 heteroatoms. The van der Waals surface area contributed by atoms with Crippen molar-refractivity contribution in [3.8, 4) is 0 Å². The van der Waals surface area contributed by atoms with E-state index in [2.05, 4.69) is 10.2 Å². The first-order chi connectivity index (χ1) is 9.64. The highest BCUT2D eigenvalue weighted by molar-refractivity contribution is 7.90. The van der Waals surface area contributed by atoms with Gasteiger partial charge >= 0.3 is 5.69 Å². The summed E-state index contributed by atoms with van der Waals surface area (Å²) in [6.07, 6.45) is 0.964. The van der Waals surface area contributed by atoms with Gasteiger partial charge < -0.3 is 10.2 Å². The molecule has 0 atom stereocenters. The highest BCUT2D eigenvalue weighted by Gasteiger charge is 2.25. The number of hydrogen-bond donors (Lipinski definition) is 1. The van der Waals surface area contributed by atoms with Gasteiger partial charge in [0.15, 0.2) is 9.84 Å². The van der Waals surface area contributed by atoms with Gasteiger partial charge in [-0.3, -0.25) is 10.1 Å². The van der Waals surface area contributed by atoms with E-state index in [0.717, 1.165) is 6.26 Å². The number of benzene rings is 1. The second-order valence-corrected chi connectivity index (χ2v) is 7.17. The Morgan fingerprint density at radius 2 is 2.00 bits per heavy atom. The number of rotatable bonds is 7. The van der Waals surface area contributed by atoms with E-state index in [1.165, 1.54) is 18.2 Å². The third-order valence-electron chi connectivity index (χ3n) is 3.24. The maximum absolute atomic E-state index is 11.6. The maximum atomic E-state index is 11.6. The summed E-state index contributed by atoms with van der Waals surface area (Å²) in [6.45, 7) is 5.28. The first-order valence-electron chi connectivity index (χ1n) is 6.56. The molecule has 118 valence electrons. The van der Waals surface area contributed by atoms with Gasteiger partial charge in [-0.1, -0.05) is 6.07 Å². The van der Waals surface area contributed by atoms with Crippen molar-refractivity contribution in [2.24, 2.45) is 0 Å². The Balaban J connectivity index is 3.01. The largest absolute Gasteiger partial charge is 0.378 e. The molecule has 1 rings (SSSR count). The molecule has 7 nitrogen and oxygen atoms in total. The molecule has 1 aromatic rings. The lowest BCUT2D eigenvalue weighted by molar-refractivity contribution is -0.386. The third kappa shape index (κ3) is 4.68. The molecular weight excluding hydrogens is 294 g/mol. The summed E-state index contributed by atoms with van der Waals surface area (Å²) in [5, 5.41) is 14.1. The number of para-hydroxylation sites is 1. The van der Waals surface area contributed by atoms with Crippen molar-refractivity contribution in [3.05, 3.63) is 28.3 Å². The van der Waals surface area contributed by atoms with Crippen LogP contribution in [0.25, 0.3) is 0 Å². The first kappa shape index (κ1) is 17.4. The minimum Gasteiger partial charge on any atom is -0.378 e. The number of likely N-dealkylation sites (N-methyl/N-ethyl adjacent to an activating group) is 1. The van der Waals surface area contributed by atoms with Gasteiger partial charge in [-0.25, -0.2) is 8.42 Å². The van der Waals surface area contributed by atoms with Gasteiger partial charge in [-0.05, 0) is 33.0 Å². The molecule has 0 aliphatic carbocycles. The molecule has 0 heterocycles. The van der Waals surface area contributed by atoms with E-state index in [9.17, 15) is 18.5 Å². The summed E-state index contributed by atoms with van der Waals surface area (Å²) in [5.41, 5.74) is -0.174. The predicted octanol–water partition coefficient (Wildman–Crippen LogP) is 1.75. The van der Waals surface area contributed by atoms with Crippen LogP contribution in [-0.4, -0.2) is 50.7 Å². The zero-order valence-corrected chi connectivity index (χ0v) is 13.5. The Morgan fingerprint density at radius 1 is 1.38 bits per heavy atom. The molecule has 0 aromatic heterocycles. The Hall–Kier alpha value is -1.67. The molecule has 1 aromatic carbocycles. The van der Waals surface area contributed by atoms with Crippen molar-refractivity contribution >= 4 is 21.2 Å². The normalized spacial score (nSPS) is 11.9. The van der Waals surface area contributed by atoms with Gasteiger partial charge in [0.1, 0.15) is 10.6 Å². The number of nitro groups is 1. The van der Waals surface area contributed by atoms with Crippen LogP contribution in [0.2, 0.25) is 0 Å². The predicted molar refractivity (Wildman–Crippen MR) is 82.5 cm³/mol. The summed E-state index contributed by atoms with van der Waals surface area (Å²) in [7, 11) is -1.70. The van der Waals surface area contributed by atoms with Crippen LogP contribution in [0.5, 0.6) is 0 Å². The highest BCUT2D eigenvalue weighted by Crippen LogP contribution is 2.31. The van der Waals surface area contributed by atoms with Crippen molar-refractivity contribution in [1.82, 2.24) is 4.90 Å². The fourth-order valence-corrected chi connectivity index (χ4v) is 2.64. The van der Waals surface area contributed by atoms with Crippen molar-refractivity contribution < 1.29 is 13.3 Å². The molecule has 0 unspecified atom stereocenters. The molecule has 0 saturated heterocycles. The van der Waals surface area contributed by atoms with Crippen LogP contribution in [-0.2, 0) is 9.84 Å². The number of anilines is 1. The lowest BCUT2D eigenvalue weighted by Gasteiger charge is -2.21. The van der Waals surface area contributed by atoms with Gasteiger partial charge in [0, 0.05) is 25.4 Å². The summed E-state index contributed by atoms with van der Waals surface area (Å²) < 4.78 is 23.3. The quantitative estimate of drug-likeness (QED) is 0.608. The minimum absolute atomic E-state index is 0.222. The number of nitrogens with zero attached hydrogens (tertiary/aromatic N) is 2. The van der Waals surface area contributed by atoms with Gasteiger partial charge in [0.05, 0.1) is 4.92 Å². The van der Waals surface area contributed by atoms with Crippen LogP contribution < -0.4 is 5.32 Å². The van der Waals surface area contributed by atoms with E-state index in [4.69, 9.17) is 0 Å². The van der Waals surface area contributed by atoms with Crippen molar-refractivity contribution in [2.75, 3.05) is 31.7 Å². The zero-order chi connectivity index (χ0) is 16.2. The average Bonchev–Trinajstić information content (AvgIpc) is 2.36. The van der Waals surface area contributed by atoms with Crippen LogP contribution in [0.1, 0.15) is 13.8 Å². The topological polar surface area (TPSA) is 92.6 Å². The molecule has 0 spiro atoms. The molecule has 0 saturated carbocycles. The summed E-state index contributed by atoms with van der Waals surface area (Å²) in [4.78, 5) is 12.3. The van der Waals surface area contributed by atoms with E-state index in [1.807, 2.05) is 20.9 Å². The zero-order valence-electron chi connectivity index (χ0n) is 12.7. The number of nitrogens with one attached hydrogen (secondary N) is 1. The van der Waals surface area contributed by atoms with Crippen LogP contribution in [0, 0.1) is 10.1 Å². The van der Waals surface area contributed by atoms with Crippen molar-refractivity contribution in [3.63, 3.8) is 0 Å². The molecule has 21 heavy (non-hydrogen) atoms. The SMILES string of the molecule is CC(C)N(C)CCNc1cccc(S(C)(=O)=O)c1[N+](=O)[O-]. The van der Waals surface area contributed by atoms with E-state index in [-0.39, 0.29) is 10.6 Å². The van der Waals surface area contributed by atoms with Crippen LogP contribution in [0.15, 0.2) is 23.1 Å². The molecule has 0 amide bonds. The fourth-order valence-electron chi connectivity index (χ4n) is 1.78. The highest BCUT2D eigenvalue weighted by atomic mass is 32.2. The molecular formula is C13H21N3O4S. The van der Waals surface area contributed by atoms with E-state index < -0.39 is 20.4 Å². The Morgan fingerprint density at radius 3 is 2.48 bits per heavy atom. The standard InChI is InChI=1S/C13H21N3O4S/c1-10(2)15(3)9-8-14-11-6-5-7-12(21(4,19)20)13(11)16(17)18/h5-7,10,14H,8-9H2,1-4H3. The molecule has 0 aliphatic heterocycles. The lowest BCUT2D eigenvalue weighted by atomic mass is 10.2. The first-order valence-corrected chi connectivity index (χ1v) is 8.45. The van der Waals surface area contributed by atoms with Crippen LogP contribution in [0.4, 0.5) is 11.4 Å². The van der Waals surface area contributed by atoms with E-state index in [0.29, 0.717) is 19.1 Å². The number of hydrogen-bond acceptors (Lipinski definition) is 6. The average molecular weight is 315 g/mol. The van der Waals surface area contributed by atoms with Crippen molar-refractivity contribution in [1.29, 1.82) is 0 Å². The smallest absolute Gasteiger partial charge is 0.310 e. The Bertz CT molecular complexity index is 614. The summed E-state index contributed by atoms with van der Waals surface area (Å²) in [6, 6.07) is 4.63. The maximum Gasteiger partial charge on any atom is 0.310 e. The van der Waals surface area contributed by atoms with Crippen LogP contribution >= 0.6 is 0 Å². The molecule has 0 fully saturated rings.